The normalized spacial score (nSPS) is 14.9. The van der Waals surface area contributed by atoms with Crippen LogP contribution >= 0.6 is 0 Å². The number of carbonyl (C=O) groups is 1. The number of nitrogens with zero attached hydrogens (tertiary/aromatic N) is 6. The number of amides is 1. The van der Waals surface area contributed by atoms with E-state index < -0.39 is 5.91 Å². The summed E-state index contributed by atoms with van der Waals surface area (Å²) in [7, 11) is 0. The van der Waals surface area contributed by atoms with Gasteiger partial charge in [-0.3, -0.25) is 18.7 Å². The number of hydrogen-bond acceptors (Lipinski definition) is 6. The van der Waals surface area contributed by atoms with E-state index in [1.165, 1.54) is 6.20 Å². The first-order valence-corrected chi connectivity index (χ1v) is 10.2. The number of primary amides is 1. The Hall–Kier alpha value is -3.56. The van der Waals surface area contributed by atoms with Crippen LogP contribution in [0.4, 0.5) is 0 Å². The first-order chi connectivity index (χ1) is 15.1. The van der Waals surface area contributed by atoms with Crippen LogP contribution in [0.2, 0.25) is 0 Å². The van der Waals surface area contributed by atoms with Crippen LogP contribution in [0.1, 0.15) is 21.9 Å². The van der Waals surface area contributed by atoms with E-state index >= 15 is 0 Å². The van der Waals surface area contributed by atoms with Crippen molar-refractivity contribution in [2.24, 2.45) is 5.73 Å². The first kappa shape index (κ1) is 19.4. The SMILES string of the molecule is Cc1cccc(-c2nc(CN3CCOCC3)cn2-c2ccc3ncc(C(N)=O)n3c2)n1. The molecule has 2 N–H and O–H groups in total. The van der Waals surface area contributed by atoms with Gasteiger partial charge in [0.15, 0.2) is 5.82 Å². The maximum absolute atomic E-state index is 11.8. The van der Waals surface area contributed by atoms with Gasteiger partial charge in [-0.1, -0.05) is 6.07 Å². The lowest BCUT2D eigenvalue weighted by Crippen LogP contribution is -2.35. The van der Waals surface area contributed by atoms with E-state index in [-0.39, 0.29) is 0 Å². The minimum absolute atomic E-state index is 0.334. The van der Waals surface area contributed by atoms with E-state index in [1.807, 2.05) is 54.2 Å². The van der Waals surface area contributed by atoms with Crippen LogP contribution in [0.3, 0.4) is 0 Å². The zero-order valence-electron chi connectivity index (χ0n) is 17.2. The van der Waals surface area contributed by atoms with Crippen LogP contribution in [0.25, 0.3) is 22.9 Å². The van der Waals surface area contributed by atoms with Crippen molar-refractivity contribution in [3.63, 3.8) is 0 Å². The highest BCUT2D eigenvalue weighted by Crippen LogP contribution is 2.24. The highest BCUT2D eigenvalue weighted by molar-refractivity contribution is 5.91. The van der Waals surface area contributed by atoms with E-state index in [0.717, 1.165) is 61.4 Å². The Labute approximate surface area is 179 Å². The monoisotopic (exact) mass is 417 g/mol. The number of hydrogen-bond donors (Lipinski definition) is 1. The van der Waals surface area contributed by atoms with Crippen LogP contribution in [-0.2, 0) is 11.3 Å². The zero-order valence-corrected chi connectivity index (χ0v) is 17.2. The minimum Gasteiger partial charge on any atom is -0.379 e. The lowest BCUT2D eigenvalue weighted by Gasteiger charge is -2.25. The van der Waals surface area contributed by atoms with Gasteiger partial charge in [-0.25, -0.2) is 15.0 Å². The summed E-state index contributed by atoms with van der Waals surface area (Å²) in [6.45, 7) is 5.93. The third kappa shape index (κ3) is 3.80. The quantitative estimate of drug-likeness (QED) is 0.531. The smallest absolute Gasteiger partial charge is 0.267 e. The maximum Gasteiger partial charge on any atom is 0.267 e. The van der Waals surface area contributed by atoms with Crippen LogP contribution in [0.15, 0.2) is 48.9 Å². The fourth-order valence-corrected chi connectivity index (χ4v) is 3.83. The Morgan fingerprint density at radius 2 is 1.97 bits per heavy atom. The molecule has 4 aromatic rings. The summed E-state index contributed by atoms with van der Waals surface area (Å²) in [4.78, 5) is 28.0. The maximum atomic E-state index is 11.8. The van der Waals surface area contributed by atoms with Gasteiger partial charge in [0.2, 0.25) is 0 Å². The molecule has 0 unspecified atom stereocenters. The van der Waals surface area contributed by atoms with Crippen molar-refractivity contribution < 1.29 is 9.53 Å². The number of aromatic nitrogens is 5. The van der Waals surface area contributed by atoms with Crippen LogP contribution in [-0.4, -0.2) is 61.0 Å². The molecule has 158 valence electrons. The van der Waals surface area contributed by atoms with Gasteiger partial charge in [0.05, 0.1) is 30.8 Å². The van der Waals surface area contributed by atoms with Gasteiger partial charge in [-0.05, 0) is 31.2 Å². The second-order valence-corrected chi connectivity index (χ2v) is 7.60. The average Bonchev–Trinajstić information content (AvgIpc) is 3.38. The van der Waals surface area contributed by atoms with Gasteiger partial charge in [0, 0.05) is 37.7 Å². The molecule has 0 aromatic carbocycles. The van der Waals surface area contributed by atoms with Crippen molar-refractivity contribution in [3.05, 3.63) is 66.0 Å². The number of nitrogens with two attached hydrogens (primary N) is 1. The van der Waals surface area contributed by atoms with Crippen molar-refractivity contribution in [2.75, 3.05) is 26.3 Å². The number of pyridine rings is 2. The Bertz CT molecular complexity index is 1250. The standard InChI is InChI=1S/C22H23N7O2/c1-15-3-2-4-18(25-15)22-26-16(12-27-7-9-31-10-8-27)13-28(22)17-5-6-20-24-11-19(21(23)30)29(20)14-17/h2-6,11,13-14H,7-10,12H2,1H3,(H2,23,30). The zero-order chi connectivity index (χ0) is 21.4. The molecular weight excluding hydrogens is 394 g/mol. The molecule has 0 spiro atoms. The van der Waals surface area contributed by atoms with E-state index in [1.54, 1.807) is 4.40 Å². The number of morpholine rings is 1. The molecule has 5 rings (SSSR count). The molecule has 4 aromatic heterocycles. The lowest BCUT2D eigenvalue weighted by atomic mass is 10.3. The lowest BCUT2D eigenvalue weighted by molar-refractivity contribution is 0.0337. The predicted molar refractivity (Wildman–Crippen MR) is 115 cm³/mol. The number of fused-ring (bicyclic) bond motifs is 1. The summed E-state index contributed by atoms with van der Waals surface area (Å²) in [5.41, 5.74) is 9.99. The Kier molecular flexibility index (Phi) is 4.97. The summed E-state index contributed by atoms with van der Waals surface area (Å²) >= 11 is 0. The van der Waals surface area contributed by atoms with E-state index in [0.29, 0.717) is 11.3 Å². The fraction of sp³-hybridized carbons (Fsp3) is 0.273. The van der Waals surface area contributed by atoms with Gasteiger partial charge >= 0.3 is 0 Å². The molecule has 1 amide bonds. The molecule has 0 bridgehead atoms. The molecule has 31 heavy (non-hydrogen) atoms. The Balaban J connectivity index is 1.61. The van der Waals surface area contributed by atoms with Crippen molar-refractivity contribution >= 4 is 11.6 Å². The summed E-state index contributed by atoms with van der Waals surface area (Å²) in [5, 5.41) is 0. The van der Waals surface area contributed by atoms with E-state index in [4.69, 9.17) is 15.5 Å². The largest absolute Gasteiger partial charge is 0.379 e. The van der Waals surface area contributed by atoms with Crippen molar-refractivity contribution in [3.8, 4) is 17.2 Å². The van der Waals surface area contributed by atoms with E-state index in [2.05, 4.69) is 14.9 Å². The molecule has 0 saturated carbocycles. The second kappa shape index (κ2) is 7.93. The summed E-state index contributed by atoms with van der Waals surface area (Å²) in [5.74, 6) is 0.218. The van der Waals surface area contributed by atoms with Gasteiger partial charge in [-0.15, -0.1) is 0 Å². The number of imidazole rings is 2. The molecule has 0 aliphatic carbocycles. The highest BCUT2D eigenvalue weighted by atomic mass is 16.5. The van der Waals surface area contributed by atoms with Gasteiger partial charge in [-0.2, -0.15) is 0 Å². The molecule has 9 heteroatoms. The van der Waals surface area contributed by atoms with Crippen LogP contribution < -0.4 is 5.73 Å². The predicted octanol–water partition coefficient (Wildman–Crippen LogP) is 1.82. The van der Waals surface area contributed by atoms with Gasteiger partial charge in [0.25, 0.3) is 5.91 Å². The number of carbonyl (C=O) groups excluding carboxylic acids is 1. The molecule has 1 fully saturated rings. The second-order valence-electron chi connectivity index (χ2n) is 7.60. The summed E-state index contributed by atoms with van der Waals surface area (Å²) in [6.07, 6.45) is 5.36. The first-order valence-electron chi connectivity index (χ1n) is 10.2. The number of aryl methyl sites for hydroxylation is 1. The molecule has 0 atom stereocenters. The minimum atomic E-state index is -0.524. The Morgan fingerprint density at radius 1 is 1.13 bits per heavy atom. The van der Waals surface area contributed by atoms with Crippen molar-refractivity contribution in [1.82, 2.24) is 28.8 Å². The molecule has 1 aliphatic heterocycles. The molecule has 5 heterocycles. The van der Waals surface area contributed by atoms with Crippen LogP contribution in [0.5, 0.6) is 0 Å². The third-order valence-corrected chi connectivity index (χ3v) is 5.38. The third-order valence-electron chi connectivity index (χ3n) is 5.38. The van der Waals surface area contributed by atoms with Crippen molar-refractivity contribution in [2.45, 2.75) is 13.5 Å². The van der Waals surface area contributed by atoms with Crippen LogP contribution in [0, 0.1) is 6.92 Å². The molecule has 1 aliphatic rings. The van der Waals surface area contributed by atoms with Gasteiger partial charge in [0.1, 0.15) is 17.0 Å². The van der Waals surface area contributed by atoms with Gasteiger partial charge < -0.3 is 10.5 Å². The Morgan fingerprint density at radius 3 is 2.74 bits per heavy atom. The summed E-state index contributed by atoms with van der Waals surface area (Å²) < 4.78 is 9.16. The molecule has 9 nitrogen and oxygen atoms in total. The topological polar surface area (TPSA) is 104 Å². The fourth-order valence-electron chi connectivity index (χ4n) is 3.83. The van der Waals surface area contributed by atoms with E-state index in [9.17, 15) is 4.79 Å². The molecular formula is C22H23N7O2. The molecule has 1 saturated heterocycles. The number of rotatable bonds is 5. The average molecular weight is 417 g/mol. The molecule has 0 radical (unpaired) electrons. The van der Waals surface area contributed by atoms with Crippen molar-refractivity contribution in [1.29, 1.82) is 0 Å². The number of ether oxygens (including phenoxy) is 1. The highest BCUT2D eigenvalue weighted by Gasteiger charge is 2.18. The summed E-state index contributed by atoms with van der Waals surface area (Å²) in [6, 6.07) is 9.70.